The second-order valence-electron chi connectivity index (χ2n) is 8.29. The maximum atomic E-state index is 14.3. The summed E-state index contributed by atoms with van der Waals surface area (Å²) in [6, 6.07) is 13.3. The molecule has 166 valence electrons. The van der Waals surface area contributed by atoms with Crippen LogP contribution < -0.4 is 5.32 Å². The first-order valence-corrected chi connectivity index (χ1v) is 10.7. The molecule has 32 heavy (non-hydrogen) atoms. The molecule has 3 aromatic rings. The van der Waals surface area contributed by atoms with Crippen LogP contribution in [0.4, 0.5) is 10.1 Å². The molecule has 2 aromatic heterocycles. The van der Waals surface area contributed by atoms with Gasteiger partial charge in [-0.25, -0.2) is 9.37 Å². The predicted octanol–water partition coefficient (Wildman–Crippen LogP) is 4.77. The largest absolute Gasteiger partial charge is 0.390 e. The van der Waals surface area contributed by atoms with E-state index in [2.05, 4.69) is 15.3 Å². The van der Waals surface area contributed by atoms with E-state index in [-0.39, 0.29) is 29.5 Å². The summed E-state index contributed by atoms with van der Waals surface area (Å²) in [5, 5.41) is 13.1. The minimum atomic E-state index is -0.508. The summed E-state index contributed by atoms with van der Waals surface area (Å²) in [7, 11) is 0. The van der Waals surface area contributed by atoms with E-state index in [1.54, 1.807) is 36.7 Å². The molecular weight excluding hydrogens is 409 g/mol. The van der Waals surface area contributed by atoms with Gasteiger partial charge in [0.1, 0.15) is 17.2 Å². The van der Waals surface area contributed by atoms with Crippen LogP contribution in [0.1, 0.15) is 48.8 Å². The van der Waals surface area contributed by atoms with Crippen molar-refractivity contribution in [1.82, 2.24) is 9.97 Å². The molecule has 3 atom stereocenters. The molecule has 1 fully saturated rings. The van der Waals surface area contributed by atoms with Crippen LogP contribution in [0.2, 0.25) is 0 Å². The number of rotatable bonds is 5. The van der Waals surface area contributed by atoms with Gasteiger partial charge in [-0.1, -0.05) is 44.2 Å². The van der Waals surface area contributed by atoms with Crippen LogP contribution in [0.15, 0.2) is 60.9 Å². The maximum Gasteiger partial charge on any atom is 0.274 e. The Hall–Kier alpha value is -3.16. The number of hydrogen-bond donors (Lipinski definition) is 2. The van der Waals surface area contributed by atoms with Crippen molar-refractivity contribution in [2.45, 2.75) is 45.0 Å². The van der Waals surface area contributed by atoms with Crippen molar-refractivity contribution in [2.24, 2.45) is 5.92 Å². The summed E-state index contributed by atoms with van der Waals surface area (Å²) in [6.45, 7) is 4.02. The second-order valence-corrected chi connectivity index (χ2v) is 8.29. The van der Waals surface area contributed by atoms with E-state index < -0.39 is 17.8 Å². The SMILES string of the molecule is CC(C)C1OC(c2ccncc2NC(=O)c2ccc(F)c(-c3ccccc3)n2)CCC1O. The van der Waals surface area contributed by atoms with E-state index >= 15 is 0 Å². The number of anilines is 1. The summed E-state index contributed by atoms with van der Waals surface area (Å²) in [4.78, 5) is 21.4. The van der Waals surface area contributed by atoms with Gasteiger partial charge in [0.25, 0.3) is 5.91 Å². The van der Waals surface area contributed by atoms with Gasteiger partial charge in [-0.05, 0) is 37.0 Å². The molecule has 0 spiro atoms. The van der Waals surface area contributed by atoms with Gasteiger partial charge < -0.3 is 15.2 Å². The van der Waals surface area contributed by atoms with Crippen LogP contribution in [0.3, 0.4) is 0 Å². The average Bonchev–Trinajstić information content (AvgIpc) is 2.80. The fraction of sp³-hybridized carbons (Fsp3) is 0.320. The van der Waals surface area contributed by atoms with Crippen molar-refractivity contribution in [3.63, 3.8) is 0 Å². The first-order chi connectivity index (χ1) is 15.4. The molecule has 0 saturated carbocycles. The third-order valence-electron chi connectivity index (χ3n) is 5.66. The number of carbonyl (C=O) groups is 1. The minimum absolute atomic E-state index is 0.0973. The van der Waals surface area contributed by atoms with Gasteiger partial charge in [0.05, 0.1) is 30.2 Å². The Morgan fingerprint density at radius 1 is 1.16 bits per heavy atom. The van der Waals surface area contributed by atoms with E-state index in [1.165, 1.54) is 12.1 Å². The quantitative estimate of drug-likeness (QED) is 0.603. The number of nitrogens with zero attached hydrogens (tertiary/aromatic N) is 2. The third-order valence-corrected chi connectivity index (χ3v) is 5.66. The molecule has 3 unspecified atom stereocenters. The highest BCUT2D eigenvalue weighted by atomic mass is 19.1. The summed E-state index contributed by atoms with van der Waals surface area (Å²) >= 11 is 0. The second kappa shape index (κ2) is 9.54. The van der Waals surface area contributed by atoms with E-state index in [0.717, 1.165) is 5.56 Å². The zero-order chi connectivity index (χ0) is 22.7. The molecular formula is C25H26FN3O3. The van der Waals surface area contributed by atoms with Crippen molar-refractivity contribution >= 4 is 11.6 Å². The number of aliphatic hydroxyl groups excluding tert-OH is 1. The standard InChI is InChI=1S/C25H26FN3O3/c1-15(2)24-21(30)10-11-22(32-24)17-12-13-27-14-20(17)29-25(31)19-9-8-18(26)23(28-19)16-6-4-3-5-7-16/h3-9,12-15,21-22,24,30H,10-11H2,1-2H3,(H,29,31). The van der Waals surface area contributed by atoms with Gasteiger partial charge in [0.15, 0.2) is 0 Å². The Labute approximate surface area is 186 Å². The third kappa shape index (κ3) is 4.69. The van der Waals surface area contributed by atoms with Crippen LogP contribution in [0, 0.1) is 11.7 Å². The molecule has 1 amide bonds. The van der Waals surface area contributed by atoms with Gasteiger partial charge >= 0.3 is 0 Å². The van der Waals surface area contributed by atoms with Gasteiger partial charge in [-0.15, -0.1) is 0 Å². The molecule has 1 aliphatic rings. The Balaban J connectivity index is 1.58. The fourth-order valence-electron chi connectivity index (χ4n) is 4.01. The number of halogens is 1. The van der Waals surface area contributed by atoms with Crippen molar-refractivity contribution in [1.29, 1.82) is 0 Å². The van der Waals surface area contributed by atoms with E-state index in [9.17, 15) is 14.3 Å². The predicted molar refractivity (Wildman–Crippen MR) is 120 cm³/mol. The molecule has 3 heterocycles. The molecule has 0 bridgehead atoms. The van der Waals surface area contributed by atoms with Crippen LogP contribution >= 0.6 is 0 Å². The molecule has 7 heteroatoms. The number of carbonyl (C=O) groups excluding carboxylic acids is 1. The first kappa shape index (κ1) is 22.0. The molecule has 1 saturated heterocycles. The maximum absolute atomic E-state index is 14.3. The molecule has 6 nitrogen and oxygen atoms in total. The van der Waals surface area contributed by atoms with E-state index in [0.29, 0.717) is 24.1 Å². The van der Waals surface area contributed by atoms with Gasteiger partial charge in [0, 0.05) is 17.3 Å². The first-order valence-electron chi connectivity index (χ1n) is 10.7. The number of amides is 1. The number of aliphatic hydroxyl groups is 1. The highest BCUT2D eigenvalue weighted by Gasteiger charge is 2.33. The van der Waals surface area contributed by atoms with Crippen molar-refractivity contribution in [3.8, 4) is 11.3 Å². The molecule has 0 aliphatic carbocycles. The monoisotopic (exact) mass is 435 g/mol. The van der Waals surface area contributed by atoms with Gasteiger partial charge in [-0.2, -0.15) is 0 Å². The zero-order valence-corrected chi connectivity index (χ0v) is 18.0. The highest BCUT2D eigenvalue weighted by Crippen LogP contribution is 2.37. The minimum Gasteiger partial charge on any atom is -0.390 e. The summed E-state index contributed by atoms with van der Waals surface area (Å²) in [5.41, 5.74) is 2.11. The zero-order valence-electron chi connectivity index (χ0n) is 18.0. The number of aromatic nitrogens is 2. The molecule has 4 rings (SSSR count). The molecule has 1 aliphatic heterocycles. The lowest BCUT2D eigenvalue weighted by molar-refractivity contribution is -0.137. The Morgan fingerprint density at radius 2 is 1.94 bits per heavy atom. The van der Waals surface area contributed by atoms with Crippen molar-refractivity contribution < 1.29 is 19.0 Å². The topological polar surface area (TPSA) is 84.3 Å². The number of ether oxygens (including phenoxy) is 1. The molecule has 1 aromatic carbocycles. The normalized spacial score (nSPS) is 20.8. The highest BCUT2D eigenvalue weighted by molar-refractivity contribution is 6.03. The van der Waals surface area contributed by atoms with Crippen LogP contribution in [-0.2, 0) is 4.74 Å². The fourth-order valence-corrected chi connectivity index (χ4v) is 4.01. The van der Waals surface area contributed by atoms with E-state index in [4.69, 9.17) is 4.74 Å². The number of nitrogens with one attached hydrogen (secondary N) is 1. The summed E-state index contributed by atoms with van der Waals surface area (Å²) in [6.07, 6.45) is 3.39. The molecule has 0 radical (unpaired) electrons. The smallest absolute Gasteiger partial charge is 0.274 e. The Morgan fingerprint density at radius 3 is 2.69 bits per heavy atom. The summed E-state index contributed by atoms with van der Waals surface area (Å²) < 4.78 is 20.5. The number of benzene rings is 1. The lowest BCUT2D eigenvalue weighted by atomic mass is 9.91. The molecule has 2 N–H and O–H groups in total. The van der Waals surface area contributed by atoms with Crippen molar-refractivity contribution in [3.05, 3.63) is 78.0 Å². The lowest BCUT2D eigenvalue weighted by Gasteiger charge is -2.37. The lowest BCUT2D eigenvalue weighted by Crippen LogP contribution is -2.39. The number of hydrogen-bond acceptors (Lipinski definition) is 5. The Kier molecular flexibility index (Phi) is 6.58. The Bertz CT molecular complexity index is 1090. The van der Waals surface area contributed by atoms with Gasteiger partial charge in [0.2, 0.25) is 0 Å². The van der Waals surface area contributed by atoms with Crippen molar-refractivity contribution in [2.75, 3.05) is 5.32 Å². The van der Waals surface area contributed by atoms with Gasteiger partial charge in [-0.3, -0.25) is 9.78 Å². The van der Waals surface area contributed by atoms with Crippen LogP contribution in [0.5, 0.6) is 0 Å². The van der Waals surface area contributed by atoms with Crippen LogP contribution in [0.25, 0.3) is 11.3 Å². The van der Waals surface area contributed by atoms with Crippen LogP contribution in [-0.4, -0.2) is 33.2 Å². The summed E-state index contributed by atoms with van der Waals surface area (Å²) in [5.74, 6) is -0.802. The number of pyridine rings is 2. The average molecular weight is 435 g/mol. The van der Waals surface area contributed by atoms with E-state index in [1.807, 2.05) is 26.0 Å².